The molecule has 2 N–H and O–H groups in total. The van der Waals surface area contributed by atoms with E-state index < -0.39 is 7.12 Å². The lowest BCUT2D eigenvalue weighted by Gasteiger charge is -2.20. The van der Waals surface area contributed by atoms with Gasteiger partial charge in [0.1, 0.15) is 5.75 Å². The van der Waals surface area contributed by atoms with Crippen molar-refractivity contribution in [2.75, 3.05) is 19.8 Å². The molecule has 8 heteroatoms. The molecule has 7 nitrogen and oxygen atoms in total. The van der Waals surface area contributed by atoms with Gasteiger partial charge in [-0.2, -0.15) is 0 Å². The van der Waals surface area contributed by atoms with Gasteiger partial charge in [0.15, 0.2) is 0 Å². The largest absolute Gasteiger partial charge is 0.494 e. The van der Waals surface area contributed by atoms with E-state index >= 15 is 0 Å². The van der Waals surface area contributed by atoms with Crippen LogP contribution in [-0.2, 0) is 16.8 Å². The zero-order valence-corrected chi connectivity index (χ0v) is 15.7. The summed E-state index contributed by atoms with van der Waals surface area (Å²) in [6.45, 7) is 1.81. The second-order valence-electron chi connectivity index (χ2n) is 7.00. The molecule has 1 saturated carbocycles. The van der Waals surface area contributed by atoms with Gasteiger partial charge >= 0.3 is 7.12 Å². The highest BCUT2D eigenvalue weighted by Crippen LogP contribution is 2.48. The molecule has 0 aliphatic heterocycles. The van der Waals surface area contributed by atoms with Gasteiger partial charge < -0.3 is 19.5 Å². The van der Waals surface area contributed by atoms with Crippen LogP contribution in [0, 0.1) is 0 Å². The van der Waals surface area contributed by atoms with Crippen molar-refractivity contribution in [2.45, 2.75) is 31.3 Å². The Bertz CT molecular complexity index is 821. The average Bonchev–Trinajstić information content (AvgIpc) is 3.50. The molecular formula is C20H24BN3O4. The van der Waals surface area contributed by atoms with E-state index in [0.717, 1.165) is 24.0 Å². The number of nitrogens with zero attached hydrogens (tertiary/aromatic N) is 3. The van der Waals surface area contributed by atoms with Crippen LogP contribution in [0.25, 0.3) is 10.4 Å². The first-order valence-electron chi connectivity index (χ1n) is 9.41. The molecule has 1 fully saturated rings. The first-order valence-corrected chi connectivity index (χ1v) is 9.41. The average molecular weight is 381 g/mol. The number of hydrogen-bond donors (Lipinski definition) is 2. The molecule has 0 bridgehead atoms. The van der Waals surface area contributed by atoms with Crippen LogP contribution in [0.1, 0.15) is 30.4 Å². The zero-order chi connectivity index (χ0) is 19.8. The summed E-state index contributed by atoms with van der Waals surface area (Å²) in [5.74, 6) is 0.447. The molecule has 3 rings (SSSR count). The molecule has 0 amide bonds. The molecule has 1 aliphatic rings. The van der Waals surface area contributed by atoms with Crippen molar-refractivity contribution in [2.24, 2.45) is 5.11 Å². The van der Waals surface area contributed by atoms with Gasteiger partial charge in [0.05, 0.1) is 19.8 Å². The van der Waals surface area contributed by atoms with Crippen molar-refractivity contribution in [1.29, 1.82) is 0 Å². The third-order valence-corrected chi connectivity index (χ3v) is 4.99. The summed E-state index contributed by atoms with van der Waals surface area (Å²) in [5.41, 5.74) is 10.6. The van der Waals surface area contributed by atoms with Crippen molar-refractivity contribution in [3.8, 4) is 5.75 Å². The Morgan fingerprint density at radius 1 is 1.07 bits per heavy atom. The summed E-state index contributed by atoms with van der Waals surface area (Å²) in [6, 6.07) is 15.4. The van der Waals surface area contributed by atoms with Crippen molar-refractivity contribution >= 4 is 12.6 Å². The Morgan fingerprint density at radius 3 is 2.54 bits per heavy atom. The minimum atomic E-state index is -1.65. The third-order valence-electron chi connectivity index (χ3n) is 4.99. The van der Waals surface area contributed by atoms with Crippen LogP contribution in [-0.4, -0.2) is 36.9 Å². The Kier molecular flexibility index (Phi) is 6.95. The predicted octanol–water partition coefficient (Wildman–Crippen LogP) is 2.69. The molecule has 0 aromatic heterocycles. The highest BCUT2D eigenvalue weighted by Gasteiger charge is 2.46. The lowest BCUT2D eigenvalue weighted by Crippen LogP contribution is -2.38. The fourth-order valence-corrected chi connectivity index (χ4v) is 3.34. The molecule has 2 aromatic carbocycles. The van der Waals surface area contributed by atoms with Crippen molar-refractivity contribution in [3.63, 3.8) is 0 Å². The van der Waals surface area contributed by atoms with Crippen LogP contribution in [0.3, 0.4) is 0 Å². The SMILES string of the molecule is [N-]=[N+]=NCC1(c2cccc(OCCCOCc3ccccc3)c2B(O)O)CC1. The maximum absolute atomic E-state index is 9.92. The van der Waals surface area contributed by atoms with Crippen LogP contribution >= 0.6 is 0 Å². The molecule has 0 saturated heterocycles. The summed E-state index contributed by atoms with van der Waals surface area (Å²) in [6.07, 6.45) is 2.38. The fraction of sp³-hybridized carbons (Fsp3) is 0.400. The number of hydrogen-bond acceptors (Lipinski definition) is 5. The van der Waals surface area contributed by atoms with Gasteiger partial charge in [-0.15, -0.1) is 0 Å². The quantitative estimate of drug-likeness (QED) is 0.205. The first kappa shape index (κ1) is 20.2. The predicted molar refractivity (Wildman–Crippen MR) is 107 cm³/mol. The fourth-order valence-electron chi connectivity index (χ4n) is 3.34. The van der Waals surface area contributed by atoms with Gasteiger partial charge in [-0.3, -0.25) is 0 Å². The van der Waals surface area contributed by atoms with Crippen LogP contribution in [0.15, 0.2) is 53.6 Å². The molecule has 1 aliphatic carbocycles. The number of ether oxygens (including phenoxy) is 2. The maximum atomic E-state index is 9.92. The van der Waals surface area contributed by atoms with E-state index in [2.05, 4.69) is 10.0 Å². The van der Waals surface area contributed by atoms with Crippen LogP contribution in [0.4, 0.5) is 0 Å². The van der Waals surface area contributed by atoms with Gasteiger partial charge in [-0.05, 0) is 35.6 Å². The summed E-state index contributed by atoms with van der Waals surface area (Å²) >= 11 is 0. The van der Waals surface area contributed by atoms with E-state index in [9.17, 15) is 10.0 Å². The number of rotatable bonds is 11. The van der Waals surface area contributed by atoms with Crippen molar-refractivity contribution in [3.05, 3.63) is 70.1 Å². The Labute approximate surface area is 164 Å². The minimum absolute atomic E-state index is 0.306. The van der Waals surface area contributed by atoms with Gasteiger partial charge in [0.25, 0.3) is 0 Å². The summed E-state index contributed by atoms with van der Waals surface area (Å²) in [5, 5.41) is 23.5. The topological polar surface area (TPSA) is 108 Å². The van der Waals surface area contributed by atoms with E-state index in [4.69, 9.17) is 15.0 Å². The van der Waals surface area contributed by atoms with E-state index in [1.807, 2.05) is 42.5 Å². The lowest BCUT2D eigenvalue weighted by atomic mass is 9.72. The second kappa shape index (κ2) is 9.62. The van der Waals surface area contributed by atoms with E-state index in [1.54, 1.807) is 6.07 Å². The monoisotopic (exact) mass is 381 g/mol. The first-order chi connectivity index (χ1) is 13.7. The van der Waals surface area contributed by atoms with E-state index in [0.29, 0.717) is 44.0 Å². The molecule has 2 aromatic rings. The third kappa shape index (κ3) is 5.06. The molecule has 0 unspecified atom stereocenters. The molecule has 146 valence electrons. The number of benzene rings is 2. The minimum Gasteiger partial charge on any atom is -0.494 e. The highest BCUT2D eigenvalue weighted by molar-refractivity contribution is 6.60. The van der Waals surface area contributed by atoms with Gasteiger partial charge in [-0.25, -0.2) is 0 Å². The summed E-state index contributed by atoms with van der Waals surface area (Å²) in [7, 11) is -1.65. The van der Waals surface area contributed by atoms with Crippen molar-refractivity contribution in [1.82, 2.24) is 0 Å². The lowest BCUT2D eigenvalue weighted by molar-refractivity contribution is 0.107. The Balaban J connectivity index is 1.56. The molecule has 0 heterocycles. The Morgan fingerprint density at radius 2 is 1.86 bits per heavy atom. The van der Waals surface area contributed by atoms with E-state index in [-0.39, 0.29) is 5.41 Å². The highest BCUT2D eigenvalue weighted by atomic mass is 16.5. The molecule has 0 radical (unpaired) electrons. The number of azide groups is 1. The normalized spacial score (nSPS) is 14.2. The molecule has 0 atom stereocenters. The van der Waals surface area contributed by atoms with Gasteiger partial charge in [-0.1, -0.05) is 47.6 Å². The van der Waals surface area contributed by atoms with Crippen molar-refractivity contribution < 1.29 is 19.5 Å². The van der Waals surface area contributed by atoms with Crippen LogP contribution < -0.4 is 10.2 Å². The molecule has 0 spiro atoms. The zero-order valence-electron chi connectivity index (χ0n) is 15.7. The molecule has 28 heavy (non-hydrogen) atoms. The van der Waals surface area contributed by atoms with Crippen LogP contribution in [0.5, 0.6) is 5.75 Å². The summed E-state index contributed by atoms with van der Waals surface area (Å²) in [4.78, 5) is 2.84. The Hall–Kier alpha value is -2.51. The maximum Gasteiger partial charge on any atom is 0.492 e. The van der Waals surface area contributed by atoms with E-state index in [1.165, 1.54) is 0 Å². The van der Waals surface area contributed by atoms with Gasteiger partial charge in [0, 0.05) is 28.8 Å². The van der Waals surface area contributed by atoms with Crippen LogP contribution in [0.2, 0.25) is 0 Å². The summed E-state index contributed by atoms with van der Waals surface area (Å²) < 4.78 is 11.5. The molecular weight excluding hydrogens is 357 g/mol. The van der Waals surface area contributed by atoms with Gasteiger partial charge in [0.2, 0.25) is 0 Å². The second-order valence-corrected chi connectivity index (χ2v) is 7.00. The standard InChI is InChI=1S/C20H24BN3O4/c22-24-23-15-20(10-11-20)17-8-4-9-18(19(17)21(25)26)28-13-5-12-27-14-16-6-2-1-3-7-16/h1-4,6-9,25-26H,5,10-15H2. The smallest absolute Gasteiger partial charge is 0.492 e.